The fourth-order valence-corrected chi connectivity index (χ4v) is 2.66. The predicted molar refractivity (Wildman–Crippen MR) is 98.7 cm³/mol. The SMILES string of the molecule is COC(=O)c1ccccc1NC(=O)CN(C(C)=O)C(C)c1ccccc1. The minimum Gasteiger partial charge on any atom is -0.465 e. The van der Waals surface area contributed by atoms with Crippen molar-refractivity contribution < 1.29 is 19.1 Å². The van der Waals surface area contributed by atoms with E-state index in [0.717, 1.165) is 5.56 Å². The van der Waals surface area contributed by atoms with E-state index in [1.807, 2.05) is 37.3 Å². The summed E-state index contributed by atoms with van der Waals surface area (Å²) in [5.74, 6) is -1.14. The molecule has 1 atom stereocenters. The lowest BCUT2D eigenvalue weighted by atomic mass is 10.1. The molecule has 0 radical (unpaired) electrons. The van der Waals surface area contributed by atoms with Crippen LogP contribution in [0, 0.1) is 0 Å². The van der Waals surface area contributed by atoms with Crippen LogP contribution in [0.1, 0.15) is 35.8 Å². The summed E-state index contributed by atoms with van der Waals surface area (Å²) < 4.78 is 4.72. The summed E-state index contributed by atoms with van der Waals surface area (Å²) in [5.41, 5.74) is 1.54. The molecular formula is C20H22N2O4. The van der Waals surface area contributed by atoms with Gasteiger partial charge in [-0.3, -0.25) is 9.59 Å². The van der Waals surface area contributed by atoms with Crippen LogP contribution in [-0.4, -0.2) is 36.3 Å². The first kappa shape index (κ1) is 19.2. The van der Waals surface area contributed by atoms with Gasteiger partial charge in [0.1, 0.15) is 6.54 Å². The summed E-state index contributed by atoms with van der Waals surface area (Å²) >= 11 is 0. The zero-order valence-corrected chi connectivity index (χ0v) is 15.1. The summed E-state index contributed by atoms with van der Waals surface area (Å²) in [4.78, 5) is 37.8. The fourth-order valence-electron chi connectivity index (χ4n) is 2.66. The van der Waals surface area contributed by atoms with Crippen LogP contribution in [0.5, 0.6) is 0 Å². The molecule has 0 aliphatic carbocycles. The molecule has 0 aliphatic heterocycles. The second kappa shape index (κ2) is 8.80. The van der Waals surface area contributed by atoms with E-state index >= 15 is 0 Å². The van der Waals surface area contributed by atoms with Crippen LogP contribution >= 0.6 is 0 Å². The number of nitrogens with zero attached hydrogens (tertiary/aromatic N) is 1. The highest BCUT2D eigenvalue weighted by Crippen LogP contribution is 2.21. The number of hydrogen-bond acceptors (Lipinski definition) is 4. The number of para-hydroxylation sites is 1. The molecule has 2 aromatic rings. The van der Waals surface area contributed by atoms with E-state index in [1.54, 1.807) is 24.3 Å². The second-order valence-electron chi connectivity index (χ2n) is 5.82. The lowest BCUT2D eigenvalue weighted by Gasteiger charge is -2.28. The Bertz CT molecular complexity index is 789. The van der Waals surface area contributed by atoms with Crippen LogP contribution < -0.4 is 5.32 Å². The predicted octanol–water partition coefficient (Wildman–Crippen LogP) is 3.02. The molecule has 0 aliphatic rings. The van der Waals surface area contributed by atoms with Gasteiger partial charge in [-0.15, -0.1) is 0 Å². The van der Waals surface area contributed by atoms with Gasteiger partial charge in [-0.05, 0) is 24.6 Å². The number of rotatable bonds is 6. The first-order chi connectivity index (χ1) is 12.4. The Morgan fingerprint density at radius 1 is 1.04 bits per heavy atom. The zero-order chi connectivity index (χ0) is 19.1. The van der Waals surface area contributed by atoms with Crippen molar-refractivity contribution in [2.75, 3.05) is 19.0 Å². The maximum absolute atomic E-state index is 12.5. The molecule has 2 amide bonds. The zero-order valence-electron chi connectivity index (χ0n) is 15.1. The van der Waals surface area contributed by atoms with Crippen molar-refractivity contribution in [2.24, 2.45) is 0 Å². The molecule has 0 spiro atoms. The van der Waals surface area contributed by atoms with E-state index in [4.69, 9.17) is 4.74 Å². The van der Waals surface area contributed by atoms with E-state index in [9.17, 15) is 14.4 Å². The van der Waals surface area contributed by atoms with E-state index in [0.29, 0.717) is 5.69 Å². The molecule has 0 bridgehead atoms. The Hall–Kier alpha value is -3.15. The molecule has 6 heteroatoms. The van der Waals surface area contributed by atoms with Crippen molar-refractivity contribution in [1.82, 2.24) is 4.90 Å². The lowest BCUT2D eigenvalue weighted by molar-refractivity contribution is -0.134. The van der Waals surface area contributed by atoms with Crippen LogP contribution in [-0.2, 0) is 14.3 Å². The van der Waals surface area contributed by atoms with Crippen molar-refractivity contribution >= 4 is 23.5 Å². The van der Waals surface area contributed by atoms with Gasteiger partial charge >= 0.3 is 5.97 Å². The molecule has 2 rings (SSSR count). The molecule has 0 heterocycles. The lowest BCUT2D eigenvalue weighted by Crippen LogP contribution is -2.38. The highest BCUT2D eigenvalue weighted by atomic mass is 16.5. The third kappa shape index (κ3) is 4.69. The normalized spacial score (nSPS) is 11.3. The summed E-state index contributed by atoms with van der Waals surface area (Å²) in [6.45, 7) is 3.17. The van der Waals surface area contributed by atoms with Crippen molar-refractivity contribution in [2.45, 2.75) is 19.9 Å². The number of anilines is 1. The quantitative estimate of drug-likeness (QED) is 0.809. The van der Waals surface area contributed by atoms with Crippen molar-refractivity contribution in [3.05, 3.63) is 65.7 Å². The molecule has 0 saturated carbocycles. The Balaban J connectivity index is 2.14. The molecular weight excluding hydrogens is 332 g/mol. The van der Waals surface area contributed by atoms with Gasteiger partial charge in [-0.2, -0.15) is 0 Å². The molecule has 1 unspecified atom stereocenters. The van der Waals surface area contributed by atoms with Gasteiger partial charge in [0.15, 0.2) is 0 Å². The summed E-state index contributed by atoms with van der Waals surface area (Å²) in [7, 11) is 1.28. The smallest absolute Gasteiger partial charge is 0.339 e. The van der Waals surface area contributed by atoms with E-state index in [1.165, 1.54) is 18.9 Å². The van der Waals surface area contributed by atoms with Gasteiger partial charge in [0, 0.05) is 6.92 Å². The highest BCUT2D eigenvalue weighted by Gasteiger charge is 2.22. The summed E-state index contributed by atoms with van der Waals surface area (Å²) in [6, 6.07) is 15.8. The van der Waals surface area contributed by atoms with E-state index in [-0.39, 0.29) is 30.0 Å². The molecule has 26 heavy (non-hydrogen) atoms. The molecule has 0 aromatic heterocycles. The monoisotopic (exact) mass is 354 g/mol. The number of benzene rings is 2. The van der Waals surface area contributed by atoms with Crippen LogP contribution in [0.25, 0.3) is 0 Å². The number of carbonyl (C=O) groups is 3. The number of amides is 2. The Kier molecular flexibility index (Phi) is 6.49. The van der Waals surface area contributed by atoms with Gasteiger partial charge in [-0.1, -0.05) is 42.5 Å². The number of ether oxygens (including phenoxy) is 1. The second-order valence-corrected chi connectivity index (χ2v) is 5.82. The standard InChI is InChI=1S/C20H22N2O4/c1-14(16-9-5-4-6-10-16)22(15(2)23)13-19(24)21-18-12-8-7-11-17(18)20(25)26-3/h4-12,14H,13H2,1-3H3,(H,21,24). The van der Waals surface area contributed by atoms with Gasteiger partial charge in [0.05, 0.1) is 24.4 Å². The topological polar surface area (TPSA) is 75.7 Å². The van der Waals surface area contributed by atoms with Gasteiger partial charge in [-0.25, -0.2) is 4.79 Å². The van der Waals surface area contributed by atoms with E-state index < -0.39 is 5.97 Å². The van der Waals surface area contributed by atoms with Crippen molar-refractivity contribution in [3.63, 3.8) is 0 Å². The van der Waals surface area contributed by atoms with Crippen molar-refractivity contribution in [3.8, 4) is 0 Å². The van der Waals surface area contributed by atoms with Gasteiger partial charge in [0.25, 0.3) is 0 Å². The van der Waals surface area contributed by atoms with Crippen molar-refractivity contribution in [1.29, 1.82) is 0 Å². The van der Waals surface area contributed by atoms with E-state index in [2.05, 4.69) is 5.32 Å². The van der Waals surface area contributed by atoms with Gasteiger partial charge in [0.2, 0.25) is 11.8 Å². The number of hydrogen-bond donors (Lipinski definition) is 1. The first-order valence-electron chi connectivity index (χ1n) is 8.23. The highest BCUT2D eigenvalue weighted by molar-refractivity contribution is 6.02. The third-order valence-corrected chi connectivity index (χ3v) is 4.07. The summed E-state index contributed by atoms with van der Waals surface area (Å²) in [5, 5.41) is 2.68. The largest absolute Gasteiger partial charge is 0.465 e. The van der Waals surface area contributed by atoms with Crippen LogP contribution in [0.4, 0.5) is 5.69 Å². The summed E-state index contributed by atoms with van der Waals surface area (Å²) in [6.07, 6.45) is 0. The van der Waals surface area contributed by atoms with Crippen LogP contribution in [0.15, 0.2) is 54.6 Å². The van der Waals surface area contributed by atoms with Gasteiger partial charge < -0.3 is 15.0 Å². The minimum absolute atomic E-state index is 0.124. The number of methoxy groups -OCH3 is 1. The van der Waals surface area contributed by atoms with Crippen LogP contribution in [0.3, 0.4) is 0 Å². The molecule has 0 fully saturated rings. The Labute approximate surface area is 152 Å². The molecule has 0 saturated heterocycles. The van der Waals surface area contributed by atoms with Crippen LogP contribution in [0.2, 0.25) is 0 Å². The number of nitrogens with one attached hydrogen (secondary N) is 1. The molecule has 136 valence electrons. The third-order valence-electron chi connectivity index (χ3n) is 4.07. The Morgan fingerprint density at radius 3 is 2.27 bits per heavy atom. The maximum Gasteiger partial charge on any atom is 0.339 e. The molecule has 6 nitrogen and oxygen atoms in total. The first-order valence-corrected chi connectivity index (χ1v) is 8.23. The molecule has 1 N–H and O–H groups in total. The number of esters is 1. The minimum atomic E-state index is -0.540. The average Bonchev–Trinajstić information content (AvgIpc) is 2.66. The number of carbonyl (C=O) groups excluding carboxylic acids is 3. The Morgan fingerprint density at radius 2 is 1.65 bits per heavy atom. The molecule has 2 aromatic carbocycles. The maximum atomic E-state index is 12.5. The fraction of sp³-hybridized carbons (Fsp3) is 0.250. The average molecular weight is 354 g/mol.